The third kappa shape index (κ3) is 5.22. The average molecular weight is 426 g/mol. The molecule has 1 aromatic heterocycles. The van der Waals surface area contributed by atoms with Crippen LogP contribution in [0.4, 0.5) is 0 Å². The minimum Gasteiger partial charge on any atom is -0.481 e. The van der Waals surface area contributed by atoms with E-state index in [1.165, 1.54) is 6.92 Å². The molecule has 0 aromatic carbocycles. The Morgan fingerprint density at radius 2 is 2.14 bits per heavy atom. The van der Waals surface area contributed by atoms with Crippen LogP contribution in [0.2, 0.25) is 0 Å². The second kappa shape index (κ2) is 8.64. The van der Waals surface area contributed by atoms with Crippen LogP contribution < -0.4 is 14.8 Å². The molecule has 10 nitrogen and oxygen atoms in total. The number of pyridine rings is 1. The van der Waals surface area contributed by atoms with E-state index in [-0.39, 0.29) is 30.4 Å². The molecule has 1 aromatic rings. The maximum absolute atomic E-state index is 13.2. The first kappa shape index (κ1) is 21.5. The van der Waals surface area contributed by atoms with Crippen molar-refractivity contribution in [2.45, 2.75) is 38.0 Å². The summed E-state index contributed by atoms with van der Waals surface area (Å²) in [6.07, 6.45) is 3.30. The Balaban J connectivity index is 1.81. The normalized spacial score (nSPS) is 25.0. The topological polar surface area (TPSA) is 121 Å². The molecule has 2 amide bonds. The molecule has 11 heteroatoms. The number of amides is 2. The summed E-state index contributed by atoms with van der Waals surface area (Å²) in [5, 5.41) is 2.73. The predicted octanol–water partition coefficient (Wildman–Crippen LogP) is -1.07. The van der Waals surface area contributed by atoms with Gasteiger partial charge in [-0.25, -0.2) is 18.1 Å². The Labute approximate surface area is 170 Å². The van der Waals surface area contributed by atoms with Gasteiger partial charge < -0.3 is 15.0 Å². The summed E-state index contributed by atoms with van der Waals surface area (Å²) >= 11 is 0. The van der Waals surface area contributed by atoms with Crippen LogP contribution in [0, 0.1) is 0 Å². The van der Waals surface area contributed by atoms with Gasteiger partial charge in [0.15, 0.2) is 0 Å². The smallest absolute Gasteiger partial charge is 0.242 e. The van der Waals surface area contributed by atoms with E-state index in [9.17, 15) is 18.0 Å². The number of ether oxygens (including phenoxy) is 1. The van der Waals surface area contributed by atoms with Gasteiger partial charge in [-0.05, 0) is 12.5 Å². The van der Waals surface area contributed by atoms with E-state index in [1.807, 2.05) is 11.0 Å². The molecule has 2 N–H and O–H groups in total. The third-order valence-electron chi connectivity index (χ3n) is 5.21. The number of hydrogen-bond donors (Lipinski definition) is 2. The first-order valence-electron chi connectivity index (χ1n) is 9.42. The number of nitrogens with one attached hydrogen (secondary N) is 2. The lowest BCUT2D eigenvalue weighted by atomic mass is 10.0. The number of methoxy groups -OCH3 is 1. The predicted molar refractivity (Wildman–Crippen MR) is 106 cm³/mol. The van der Waals surface area contributed by atoms with Gasteiger partial charge in [-0.1, -0.05) is 6.07 Å². The van der Waals surface area contributed by atoms with Crippen molar-refractivity contribution in [3.05, 3.63) is 23.9 Å². The standard InChI is InChI=1S/C18H27N5O5S/c1-12(24)20-8-16-18(25)23-10-14(21-29(3,26)27)7-15(23)11-22(16)9-13-5-4-6-19-17(13)28-2/h4-6,14-16,21H,7-11H2,1-3H3,(H,20,24)/t14-,15-,16-/m0/s1. The number of aromatic nitrogens is 1. The lowest BCUT2D eigenvalue weighted by Crippen LogP contribution is -2.62. The zero-order valence-corrected chi connectivity index (χ0v) is 17.6. The fourth-order valence-corrected chi connectivity index (χ4v) is 4.85. The van der Waals surface area contributed by atoms with Crippen molar-refractivity contribution < 1.29 is 22.7 Å². The van der Waals surface area contributed by atoms with Gasteiger partial charge >= 0.3 is 0 Å². The summed E-state index contributed by atoms with van der Waals surface area (Å²) in [7, 11) is -1.81. The summed E-state index contributed by atoms with van der Waals surface area (Å²) in [4.78, 5) is 32.6. The summed E-state index contributed by atoms with van der Waals surface area (Å²) in [5.41, 5.74) is 0.841. The number of hydrogen-bond acceptors (Lipinski definition) is 7. The van der Waals surface area contributed by atoms with Crippen molar-refractivity contribution >= 4 is 21.8 Å². The van der Waals surface area contributed by atoms with Crippen LogP contribution in [0.3, 0.4) is 0 Å². The Morgan fingerprint density at radius 1 is 1.38 bits per heavy atom. The highest BCUT2D eigenvalue weighted by molar-refractivity contribution is 7.88. The second-order valence-corrected chi connectivity index (χ2v) is 9.30. The van der Waals surface area contributed by atoms with E-state index in [4.69, 9.17) is 4.74 Å². The van der Waals surface area contributed by atoms with Crippen LogP contribution >= 0.6 is 0 Å². The summed E-state index contributed by atoms with van der Waals surface area (Å²) in [6.45, 7) is 2.92. The summed E-state index contributed by atoms with van der Waals surface area (Å²) in [5.74, 6) is 0.163. The highest BCUT2D eigenvalue weighted by Gasteiger charge is 2.45. The van der Waals surface area contributed by atoms with Gasteiger partial charge in [-0.3, -0.25) is 14.5 Å². The number of nitrogens with zero attached hydrogens (tertiary/aromatic N) is 3. The lowest BCUT2D eigenvalue weighted by Gasteiger charge is -2.42. The number of fused-ring (bicyclic) bond motifs is 1. The first-order valence-corrected chi connectivity index (χ1v) is 11.3. The number of piperazine rings is 1. The molecular formula is C18H27N5O5S. The fraction of sp³-hybridized carbons (Fsp3) is 0.611. The van der Waals surface area contributed by atoms with Crippen LogP contribution in [-0.4, -0.2) is 86.1 Å². The highest BCUT2D eigenvalue weighted by atomic mass is 32.2. The molecule has 0 unspecified atom stereocenters. The number of carbonyl (C=O) groups excluding carboxylic acids is 2. The van der Waals surface area contributed by atoms with Crippen LogP contribution in [0.25, 0.3) is 0 Å². The number of rotatable bonds is 7. The van der Waals surface area contributed by atoms with Gasteiger partial charge in [-0.2, -0.15) is 0 Å². The van der Waals surface area contributed by atoms with Crippen molar-refractivity contribution in [1.29, 1.82) is 0 Å². The molecule has 3 heterocycles. The largest absolute Gasteiger partial charge is 0.481 e. The highest BCUT2D eigenvalue weighted by Crippen LogP contribution is 2.28. The monoisotopic (exact) mass is 425 g/mol. The molecule has 2 aliphatic rings. The van der Waals surface area contributed by atoms with Crippen LogP contribution in [0.15, 0.2) is 18.3 Å². The molecule has 3 rings (SSSR count). The van der Waals surface area contributed by atoms with Crippen molar-refractivity contribution in [2.75, 3.05) is 33.0 Å². The van der Waals surface area contributed by atoms with Gasteiger partial charge in [0.2, 0.25) is 27.7 Å². The zero-order valence-electron chi connectivity index (χ0n) is 16.8. The van der Waals surface area contributed by atoms with Crippen molar-refractivity contribution in [2.24, 2.45) is 0 Å². The minimum atomic E-state index is -3.36. The Kier molecular flexibility index (Phi) is 6.39. The molecule has 0 aliphatic carbocycles. The van der Waals surface area contributed by atoms with Crippen molar-refractivity contribution in [1.82, 2.24) is 24.8 Å². The van der Waals surface area contributed by atoms with Gasteiger partial charge in [0.1, 0.15) is 6.04 Å². The molecule has 2 fully saturated rings. The third-order valence-corrected chi connectivity index (χ3v) is 5.97. The van der Waals surface area contributed by atoms with Crippen LogP contribution in [0.5, 0.6) is 5.88 Å². The minimum absolute atomic E-state index is 0.0991. The van der Waals surface area contributed by atoms with Crippen molar-refractivity contribution in [3.63, 3.8) is 0 Å². The molecule has 3 atom stereocenters. The average Bonchev–Trinajstić information content (AvgIpc) is 3.02. The van der Waals surface area contributed by atoms with Gasteiger partial charge in [0.25, 0.3) is 0 Å². The van der Waals surface area contributed by atoms with E-state index >= 15 is 0 Å². The summed E-state index contributed by atoms with van der Waals surface area (Å²) in [6, 6.07) is 2.74. The number of carbonyl (C=O) groups is 2. The van der Waals surface area contributed by atoms with E-state index in [2.05, 4.69) is 15.0 Å². The molecule has 0 bridgehead atoms. The van der Waals surface area contributed by atoms with Gasteiger partial charge in [-0.15, -0.1) is 0 Å². The van der Waals surface area contributed by atoms with E-state index in [0.717, 1.165) is 11.8 Å². The van der Waals surface area contributed by atoms with Crippen molar-refractivity contribution in [3.8, 4) is 5.88 Å². The molecule has 0 spiro atoms. The van der Waals surface area contributed by atoms with E-state index in [0.29, 0.717) is 31.9 Å². The first-order chi connectivity index (χ1) is 13.7. The molecule has 29 heavy (non-hydrogen) atoms. The molecule has 2 saturated heterocycles. The maximum Gasteiger partial charge on any atom is 0.242 e. The van der Waals surface area contributed by atoms with Crippen LogP contribution in [0.1, 0.15) is 18.9 Å². The Hall–Kier alpha value is -2.24. The fourth-order valence-electron chi connectivity index (χ4n) is 4.07. The zero-order chi connectivity index (χ0) is 21.2. The van der Waals surface area contributed by atoms with E-state index in [1.54, 1.807) is 24.3 Å². The summed E-state index contributed by atoms with van der Waals surface area (Å²) < 4.78 is 31.1. The molecule has 2 aliphatic heterocycles. The van der Waals surface area contributed by atoms with Crippen LogP contribution in [-0.2, 0) is 26.2 Å². The Bertz CT molecular complexity index is 877. The molecule has 0 saturated carbocycles. The lowest BCUT2D eigenvalue weighted by molar-refractivity contribution is -0.144. The maximum atomic E-state index is 13.2. The molecule has 0 radical (unpaired) electrons. The van der Waals surface area contributed by atoms with Gasteiger partial charge in [0, 0.05) is 56.9 Å². The second-order valence-electron chi connectivity index (χ2n) is 7.52. The molecule has 160 valence electrons. The SMILES string of the molecule is COc1ncccc1CN1C[C@@H]2C[C@H](NS(C)(=O)=O)CN2C(=O)[C@@H]1CNC(C)=O. The quantitative estimate of drug-likeness (QED) is 0.571. The Morgan fingerprint density at radius 3 is 2.79 bits per heavy atom. The number of sulfonamides is 1. The van der Waals surface area contributed by atoms with E-state index < -0.39 is 16.1 Å². The van der Waals surface area contributed by atoms with Gasteiger partial charge in [0.05, 0.1) is 13.4 Å². The molecular weight excluding hydrogens is 398 g/mol.